The molecule has 0 aliphatic carbocycles. The van der Waals surface area contributed by atoms with E-state index in [0.717, 1.165) is 24.2 Å². The van der Waals surface area contributed by atoms with E-state index in [1.54, 1.807) is 30.6 Å². The van der Waals surface area contributed by atoms with Gasteiger partial charge in [-0.1, -0.05) is 6.92 Å². The second kappa shape index (κ2) is 6.74. The molecule has 2 heterocycles. The number of sulfonamides is 1. The summed E-state index contributed by atoms with van der Waals surface area (Å²) in [6.07, 6.45) is 2.62. The van der Waals surface area contributed by atoms with Crippen molar-refractivity contribution in [1.29, 1.82) is 0 Å². The number of nitrogens with two attached hydrogens (primary N) is 1. The average Bonchev–Trinajstić information content (AvgIpc) is 3.08. The molecule has 2 aromatic heterocycles. The van der Waals surface area contributed by atoms with Crippen LogP contribution in [-0.2, 0) is 29.7 Å². The molecule has 0 saturated heterocycles. The molecule has 0 amide bonds. The third-order valence-corrected chi connectivity index (χ3v) is 5.83. The molecular formula is C14H21N3O2S2. The van der Waals surface area contributed by atoms with E-state index in [9.17, 15) is 8.42 Å². The molecule has 21 heavy (non-hydrogen) atoms. The lowest BCUT2D eigenvalue weighted by atomic mass is 10.3. The first-order valence-electron chi connectivity index (χ1n) is 6.85. The highest BCUT2D eigenvalue weighted by Crippen LogP contribution is 2.20. The normalized spacial score (nSPS) is 12.2. The van der Waals surface area contributed by atoms with Crippen molar-refractivity contribution in [3.63, 3.8) is 0 Å². The van der Waals surface area contributed by atoms with E-state index in [-0.39, 0.29) is 0 Å². The standard InChI is InChI=1S/C14H21N3O2S2/c1-3-5-17-10-14(7-13(17)8-15)21(18,19)16(2)9-12-4-6-20-11-12/h4,6-7,10-11H,3,5,8-9,15H2,1-2H3. The first kappa shape index (κ1) is 16.2. The SMILES string of the molecule is CCCn1cc(S(=O)(=O)N(C)Cc2ccsc2)cc1CN. The van der Waals surface area contributed by atoms with Gasteiger partial charge in [0.25, 0.3) is 0 Å². The van der Waals surface area contributed by atoms with E-state index >= 15 is 0 Å². The van der Waals surface area contributed by atoms with E-state index in [0.29, 0.717) is 18.0 Å². The first-order chi connectivity index (χ1) is 9.98. The lowest BCUT2D eigenvalue weighted by molar-refractivity contribution is 0.467. The Morgan fingerprint density at radius 2 is 2.19 bits per heavy atom. The van der Waals surface area contributed by atoms with Gasteiger partial charge in [-0.3, -0.25) is 0 Å². The Balaban J connectivity index is 2.26. The summed E-state index contributed by atoms with van der Waals surface area (Å²) in [5.41, 5.74) is 7.54. The smallest absolute Gasteiger partial charge is 0.244 e. The lowest BCUT2D eigenvalue weighted by Crippen LogP contribution is -2.26. The Kier molecular flexibility index (Phi) is 5.21. The van der Waals surface area contributed by atoms with Crippen molar-refractivity contribution in [3.8, 4) is 0 Å². The second-order valence-corrected chi connectivity index (χ2v) is 7.78. The Morgan fingerprint density at radius 1 is 1.43 bits per heavy atom. The topological polar surface area (TPSA) is 68.3 Å². The first-order valence-corrected chi connectivity index (χ1v) is 9.23. The zero-order valence-corrected chi connectivity index (χ0v) is 14.0. The van der Waals surface area contributed by atoms with Crippen LogP contribution in [0.5, 0.6) is 0 Å². The fraction of sp³-hybridized carbons (Fsp3) is 0.429. The zero-order chi connectivity index (χ0) is 15.5. The summed E-state index contributed by atoms with van der Waals surface area (Å²) in [6, 6.07) is 3.61. The van der Waals surface area contributed by atoms with Crippen molar-refractivity contribution in [2.75, 3.05) is 7.05 Å². The summed E-state index contributed by atoms with van der Waals surface area (Å²) in [7, 11) is -1.88. The van der Waals surface area contributed by atoms with Crippen LogP contribution in [0.1, 0.15) is 24.6 Å². The van der Waals surface area contributed by atoms with E-state index in [4.69, 9.17) is 5.73 Å². The fourth-order valence-electron chi connectivity index (χ4n) is 2.19. The maximum absolute atomic E-state index is 12.6. The van der Waals surface area contributed by atoms with Gasteiger partial charge in [0.15, 0.2) is 0 Å². The molecule has 0 aliphatic heterocycles. The number of aromatic nitrogens is 1. The van der Waals surface area contributed by atoms with Gasteiger partial charge in [0.05, 0.1) is 0 Å². The van der Waals surface area contributed by atoms with Crippen LogP contribution in [0.3, 0.4) is 0 Å². The summed E-state index contributed by atoms with van der Waals surface area (Å²) in [5, 5.41) is 3.90. The van der Waals surface area contributed by atoms with Crippen LogP contribution in [-0.4, -0.2) is 24.3 Å². The number of thiophene rings is 1. The van der Waals surface area contributed by atoms with Crippen molar-refractivity contribution in [3.05, 3.63) is 40.3 Å². The molecule has 5 nitrogen and oxygen atoms in total. The molecular weight excluding hydrogens is 306 g/mol. The minimum absolute atomic E-state index is 0.314. The Morgan fingerprint density at radius 3 is 2.76 bits per heavy atom. The molecule has 0 aliphatic rings. The van der Waals surface area contributed by atoms with E-state index in [1.165, 1.54) is 4.31 Å². The molecule has 7 heteroatoms. The molecule has 116 valence electrons. The van der Waals surface area contributed by atoms with Gasteiger partial charge < -0.3 is 10.3 Å². The number of nitrogens with zero attached hydrogens (tertiary/aromatic N) is 2. The average molecular weight is 327 g/mol. The van der Waals surface area contributed by atoms with Gasteiger partial charge in [-0.25, -0.2) is 8.42 Å². The third kappa shape index (κ3) is 3.55. The largest absolute Gasteiger partial charge is 0.349 e. The molecule has 0 aromatic carbocycles. The molecule has 2 rings (SSSR count). The number of hydrogen-bond donors (Lipinski definition) is 1. The van der Waals surface area contributed by atoms with Crippen LogP contribution in [0.2, 0.25) is 0 Å². The summed E-state index contributed by atoms with van der Waals surface area (Å²) < 4.78 is 28.5. The summed E-state index contributed by atoms with van der Waals surface area (Å²) >= 11 is 1.56. The summed E-state index contributed by atoms with van der Waals surface area (Å²) in [5.74, 6) is 0. The Labute approximate surface area is 130 Å². The van der Waals surface area contributed by atoms with E-state index in [2.05, 4.69) is 6.92 Å². The van der Waals surface area contributed by atoms with Gasteiger partial charge in [0.1, 0.15) is 4.90 Å². The minimum atomic E-state index is -3.48. The fourth-order valence-corrected chi connectivity index (χ4v) is 4.08. The number of aryl methyl sites for hydroxylation is 1. The Hall–Kier alpha value is -1.15. The molecule has 2 aromatic rings. The zero-order valence-electron chi connectivity index (χ0n) is 12.3. The minimum Gasteiger partial charge on any atom is -0.349 e. The maximum atomic E-state index is 12.6. The highest BCUT2D eigenvalue weighted by molar-refractivity contribution is 7.89. The van der Waals surface area contributed by atoms with E-state index < -0.39 is 10.0 Å². The van der Waals surface area contributed by atoms with Crippen molar-refractivity contribution in [1.82, 2.24) is 8.87 Å². The van der Waals surface area contributed by atoms with E-state index in [1.807, 2.05) is 21.4 Å². The molecule has 0 saturated carbocycles. The number of hydrogen-bond acceptors (Lipinski definition) is 4. The molecule has 0 atom stereocenters. The van der Waals surface area contributed by atoms with Gasteiger partial charge in [-0.05, 0) is 34.9 Å². The molecule has 2 N–H and O–H groups in total. The van der Waals surface area contributed by atoms with Gasteiger partial charge in [0, 0.05) is 38.6 Å². The van der Waals surface area contributed by atoms with Crippen molar-refractivity contribution >= 4 is 21.4 Å². The third-order valence-electron chi connectivity index (χ3n) is 3.33. The van der Waals surface area contributed by atoms with Crippen LogP contribution in [0.4, 0.5) is 0 Å². The van der Waals surface area contributed by atoms with Gasteiger partial charge in [-0.15, -0.1) is 0 Å². The summed E-state index contributed by atoms with van der Waals surface area (Å²) in [4.78, 5) is 0.314. The second-order valence-electron chi connectivity index (χ2n) is 4.96. The lowest BCUT2D eigenvalue weighted by Gasteiger charge is -2.15. The van der Waals surface area contributed by atoms with Crippen LogP contribution in [0.15, 0.2) is 34.0 Å². The van der Waals surface area contributed by atoms with Crippen molar-refractivity contribution in [2.24, 2.45) is 5.73 Å². The Bertz CT molecular complexity index is 675. The quantitative estimate of drug-likeness (QED) is 0.848. The molecule has 0 unspecified atom stereocenters. The van der Waals surface area contributed by atoms with Crippen molar-refractivity contribution in [2.45, 2.75) is 37.9 Å². The van der Waals surface area contributed by atoms with Gasteiger partial charge in [-0.2, -0.15) is 15.6 Å². The predicted octanol–water partition coefficient (Wildman–Crippen LogP) is 2.24. The summed E-state index contributed by atoms with van der Waals surface area (Å²) in [6.45, 7) is 3.54. The predicted molar refractivity (Wildman–Crippen MR) is 85.6 cm³/mol. The van der Waals surface area contributed by atoms with Gasteiger partial charge >= 0.3 is 0 Å². The van der Waals surface area contributed by atoms with Crippen molar-refractivity contribution < 1.29 is 8.42 Å². The van der Waals surface area contributed by atoms with Crippen LogP contribution in [0.25, 0.3) is 0 Å². The molecule has 0 radical (unpaired) electrons. The molecule has 0 fully saturated rings. The van der Waals surface area contributed by atoms with Crippen LogP contribution >= 0.6 is 11.3 Å². The molecule has 0 spiro atoms. The number of rotatable bonds is 7. The highest BCUT2D eigenvalue weighted by Gasteiger charge is 2.23. The van der Waals surface area contributed by atoms with Gasteiger partial charge in [0.2, 0.25) is 10.0 Å². The van der Waals surface area contributed by atoms with Crippen LogP contribution < -0.4 is 5.73 Å². The maximum Gasteiger partial charge on any atom is 0.244 e. The highest BCUT2D eigenvalue weighted by atomic mass is 32.2. The van der Waals surface area contributed by atoms with Crippen LogP contribution in [0, 0.1) is 0 Å². The monoisotopic (exact) mass is 327 g/mol. The molecule has 0 bridgehead atoms.